The van der Waals surface area contributed by atoms with E-state index in [-0.39, 0.29) is 16.8 Å². The Bertz CT molecular complexity index is 844. The summed E-state index contributed by atoms with van der Waals surface area (Å²) in [4.78, 5) is 28.4. The van der Waals surface area contributed by atoms with Crippen LogP contribution in [-0.4, -0.2) is 29.7 Å². The van der Waals surface area contributed by atoms with Gasteiger partial charge in [0, 0.05) is 11.1 Å². The number of aliphatic imine (C=N–C) groups is 1. The van der Waals surface area contributed by atoms with E-state index in [9.17, 15) is 19.1 Å². The smallest absolute Gasteiger partial charge is 0.320 e. The number of ketones is 1. The topological polar surface area (TPSA) is 76.0 Å². The lowest BCUT2D eigenvalue weighted by molar-refractivity contribution is -0.137. The van der Waals surface area contributed by atoms with E-state index < -0.39 is 23.5 Å². The van der Waals surface area contributed by atoms with Crippen molar-refractivity contribution in [2.75, 3.05) is 7.11 Å². The van der Waals surface area contributed by atoms with Gasteiger partial charge in [-0.2, -0.15) is 0 Å². The highest BCUT2D eigenvalue weighted by Crippen LogP contribution is 2.33. The van der Waals surface area contributed by atoms with Gasteiger partial charge in [-0.3, -0.25) is 14.6 Å². The Kier molecular flexibility index (Phi) is 3.65. The Hall–Kier alpha value is -3.02. The van der Waals surface area contributed by atoms with E-state index >= 15 is 0 Å². The molecular formula is C17H12FNO4. The van der Waals surface area contributed by atoms with Crippen LogP contribution in [-0.2, 0) is 4.79 Å². The van der Waals surface area contributed by atoms with Crippen molar-refractivity contribution in [1.82, 2.24) is 0 Å². The van der Waals surface area contributed by atoms with Gasteiger partial charge in [0.15, 0.2) is 11.7 Å². The highest BCUT2D eigenvalue weighted by Gasteiger charge is 2.38. The third-order valence-electron chi connectivity index (χ3n) is 3.61. The minimum atomic E-state index is -1.48. The quantitative estimate of drug-likeness (QED) is 0.884. The first-order valence-corrected chi connectivity index (χ1v) is 6.81. The van der Waals surface area contributed by atoms with Crippen LogP contribution in [0.5, 0.6) is 5.75 Å². The molecule has 0 aliphatic carbocycles. The normalized spacial score (nSPS) is 16.5. The number of carbonyl (C=O) groups is 2. The predicted octanol–water partition coefficient (Wildman–Crippen LogP) is 2.85. The molecule has 1 aliphatic rings. The van der Waals surface area contributed by atoms with Crippen LogP contribution < -0.4 is 4.74 Å². The van der Waals surface area contributed by atoms with Gasteiger partial charge < -0.3 is 9.84 Å². The Morgan fingerprint density at radius 1 is 1.26 bits per heavy atom. The molecule has 1 atom stereocenters. The van der Waals surface area contributed by atoms with Crippen LogP contribution in [0.2, 0.25) is 0 Å². The van der Waals surface area contributed by atoms with Crippen LogP contribution in [0.25, 0.3) is 0 Å². The second-order valence-electron chi connectivity index (χ2n) is 5.03. The van der Waals surface area contributed by atoms with Crippen molar-refractivity contribution in [3.63, 3.8) is 0 Å². The van der Waals surface area contributed by atoms with Gasteiger partial charge in [0.05, 0.1) is 18.5 Å². The molecule has 5 nitrogen and oxygen atoms in total. The standard InChI is InChI=1S/C17H12FNO4/c1-23-11-5-6-13-12(8-11)16(20)14(17(21)22)15(19-13)9-3-2-4-10(18)7-9/h2-8,14H,1H3,(H,21,22). The molecular weight excluding hydrogens is 301 g/mol. The highest BCUT2D eigenvalue weighted by molar-refractivity contribution is 6.31. The molecule has 23 heavy (non-hydrogen) atoms. The number of ether oxygens (including phenoxy) is 1. The number of methoxy groups -OCH3 is 1. The summed E-state index contributed by atoms with van der Waals surface area (Å²) in [6.07, 6.45) is 0. The second-order valence-corrected chi connectivity index (χ2v) is 5.03. The average molecular weight is 313 g/mol. The SMILES string of the molecule is COc1ccc2c(c1)C(=O)C(C(=O)O)C(c1cccc(F)c1)=N2. The Balaban J connectivity index is 2.21. The van der Waals surface area contributed by atoms with Gasteiger partial charge in [0.25, 0.3) is 0 Å². The number of nitrogens with zero attached hydrogens (tertiary/aromatic N) is 1. The summed E-state index contributed by atoms with van der Waals surface area (Å²) in [5.41, 5.74) is 0.816. The van der Waals surface area contributed by atoms with Crippen molar-refractivity contribution in [2.24, 2.45) is 10.9 Å². The molecule has 0 radical (unpaired) electrons. The van der Waals surface area contributed by atoms with E-state index in [1.807, 2.05) is 0 Å². The molecule has 0 saturated heterocycles. The molecule has 6 heteroatoms. The molecule has 1 N–H and O–H groups in total. The first kappa shape index (κ1) is 14.9. The minimum Gasteiger partial charge on any atom is -0.497 e. The molecule has 0 amide bonds. The maximum Gasteiger partial charge on any atom is 0.320 e. The molecule has 2 aromatic rings. The predicted molar refractivity (Wildman–Crippen MR) is 81.0 cm³/mol. The lowest BCUT2D eigenvalue weighted by atomic mass is 9.86. The second kappa shape index (κ2) is 5.64. The van der Waals surface area contributed by atoms with Gasteiger partial charge in [-0.1, -0.05) is 12.1 Å². The maximum atomic E-state index is 13.4. The zero-order valence-corrected chi connectivity index (χ0v) is 12.1. The van der Waals surface area contributed by atoms with Gasteiger partial charge in [-0.15, -0.1) is 0 Å². The fraction of sp³-hybridized carbons (Fsp3) is 0.118. The highest BCUT2D eigenvalue weighted by atomic mass is 19.1. The number of rotatable bonds is 3. The van der Waals surface area contributed by atoms with Gasteiger partial charge in [-0.25, -0.2) is 4.39 Å². The van der Waals surface area contributed by atoms with E-state index in [0.717, 1.165) is 6.07 Å². The van der Waals surface area contributed by atoms with Gasteiger partial charge >= 0.3 is 5.97 Å². The van der Waals surface area contributed by atoms with Crippen molar-refractivity contribution in [3.05, 3.63) is 59.4 Å². The summed E-state index contributed by atoms with van der Waals surface area (Å²) >= 11 is 0. The van der Waals surface area contributed by atoms with Crippen molar-refractivity contribution < 1.29 is 23.8 Å². The zero-order chi connectivity index (χ0) is 16.6. The Labute approximate surface area is 131 Å². The number of carboxylic acid groups (broad SMARTS) is 1. The third kappa shape index (κ3) is 2.59. The number of fused-ring (bicyclic) bond motifs is 1. The molecule has 0 spiro atoms. The largest absolute Gasteiger partial charge is 0.497 e. The number of carbonyl (C=O) groups excluding carboxylic acids is 1. The van der Waals surface area contributed by atoms with Crippen LogP contribution >= 0.6 is 0 Å². The van der Waals surface area contributed by atoms with E-state index in [1.165, 1.54) is 31.4 Å². The Morgan fingerprint density at radius 3 is 2.70 bits per heavy atom. The van der Waals surface area contributed by atoms with E-state index in [4.69, 9.17) is 4.74 Å². The van der Waals surface area contributed by atoms with Crippen molar-refractivity contribution in [1.29, 1.82) is 0 Å². The van der Waals surface area contributed by atoms with Crippen LogP contribution in [0.15, 0.2) is 47.5 Å². The average Bonchev–Trinajstić information content (AvgIpc) is 2.54. The van der Waals surface area contributed by atoms with Gasteiger partial charge in [-0.05, 0) is 30.3 Å². The molecule has 0 aromatic heterocycles. The molecule has 3 rings (SSSR count). The van der Waals surface area contributed by atoms with Crippen LogP contribution in [0.4, 0.5) is 10.1 Å². The molecule has 1 unspecified atom stereocenters. The molecule has 2 aromatic carbocycles. The Morgan fingerprint density at radius 2 is 2.04 bits per heavy atom. The fourth-order valence-corrected chi connectivity index (χ4v) is 2.52. The van der Waals surface area contributed by atoms with Crippen molar-refractivity contribution in [3.8, 4) is 5.75 Å². The number of carboxylic acids is 1. The van der Waals surface area contributed by atoms with E-state index in [2.05, 4.69) is 4.99 Å². The summed E-state index contributed by atoms with van der Waals surface area (Å²) in [7, 11) is 1.45. The molecule has 0 bridgehead atoms. The van der Waals surface area contributed by atoms with Crippen LogP contribution in [0, 0.1) is 11.7 Å². The fourth-order valence-electron chi connectivity index (χ4n) is 2.52. The minimum absolute atomic E-state index is 0.0275. The molecule has 0 fully saturated rings. The van der Waals surface area contributed by atoms with Gasteiger partial charge in [0.1, 0.15) is 11.6 Å². The first-order valence-electron chi connectivity index (χ1n) is 6.81. The summed E-state index contributed by atoms with van der Waals surface area (Å²) in [5, 5.41) is 9.44. The number of hydrogen-bond acceptors (Lipinski definition) is 4. The van der Waals surface area contributed by atoms with E-state index in [0.29, 0.717) is 11.4 Å². The molecule has 116 valence electrons. The monoisotopic (exact) mass is 313 g/mol. The number of Topliss-reactive ketones (excluding diaryl/α,β-unsaturated/α-hetero) is 1. The lowest BCUT2D eigenvalue weighted by Gasteiger charge is -2.21. The van der Waals surface area contributed by atoms with Crippen LogP contribution in [0.3, 0.4) is 0 Å². The summed E-state index contributed by atoms with van der Waals surface area (Å²) < 4.78 is 18.5. The summed E-state index contributed by atoms with van der Waals surface area (Å²) in [5.74, 6) is -3.49. The maximum absolute atomic E-state index is 13.4. The summed E-state index contributed by atoms with van der Waals surface area (Å²) in [6, 6.07) is 10.0. The van der Waals surface area contributed by atoms with Crippen molar-refractivity contribution in [2.45, 2.75) is 0 Å². The van der Waals surface area contributed by atoms with Crippen molar-refractivity contribution >= 4 is 23.2 Å². The van der Waals surface area contributed by atoms with Crippen LogP contribution in [0.1, 0.15) is 15.9 Å². The zero-order valence-electron chi connectivity index (χ0n) is 12.1. The molecule has 1 aliphatic heterocycles. The summed E-state index contributed by atoms with van der Waals surface area (Å²) in [6.45, 7) is 0. The first-order chi connectivity index (χ1) is 11.0. The lowest BCUT2D eigenvalue weighted by Crippen LogP contribution is -2.34. The number of halogens is 1. The number of hydrogen-bond donors (Lipinski definition) is 1. The third-order valence-corrected chi connectivity index (χ3v) is 3.61. The molecule has 1 heterocycles. The molecule has 0 saturated carbocycles. The van der Waals surface area contributed by atoms with Gasteiger partial charge in [0.2, 0.25) is 0 Å². The number of aliphatic carboxylic acids is 1. The number of benzene rings is 2. The van der Waals surface area contributed by atoms with E-state index in [1.54, 1.807) is 12.1 Å².